The van der Waals surface area contributed by atoms with Crippen molar-refractivity contribution in [1.29, 1.82) is 0 Å². The van der Waals surface area contributed by atoms with Crippen LogP contribution in [0.2, 0.25) is 5.02 Å². The number of hydrogen-bond acceptors (Lipinski definition) is 5. The van der Waals surface area contributed by atoms with Gasteiger partial charge in [-0.1, -0.05) is 11.6 Å². The first-order valence-electron chi connectivity index (χ1n) is 10.7. The van der Waals surface area contributed by atoms with E-state index in [1.807, 2.05) is 28.5 Å². The summed E-state index contributed by atoms with van der Waals surface area (Å²) in [5.74, 6) is 1.12. The molecule has 1 aliphatic rings. The lowest BCUT2D eigenvalue weighted by atomic mass is 10.1. The Kier molecular flexibility index (Phi) is 7.35. The summed E-state index contributed by atoms with van der Waals surface area (Å²) in [6, 6.07) is 10.1. The molecule has 0 saturated carbocycles. The van der Waals surface area contributed by atoms with Crippen molar-refractivity contribution in [2.45, 2.75) is 25.8 Å². The summed E-state index contributed by atoms with van der Waals surface area (Å²) in [6.07, 6.45) is 2.31. The van der Waals surface area contributed by atoms with Crippen molar-refractivity contribution in [3.8, 4) is 22.8 Å². The number of ether oxygens (including phenoxy) is 2. The molecular weight excluding hydrogens is 465 g/mol. The van der Waals surface area contributed by atoms with Crippen LogP contribution >= 0.6 is 22.9 Å². The van der Waals surface area contributed by atoms with Crippen LogP contribution in [0.3, 0.4) is 0 Å². The second kappa shape index (κ2) is 10.4. The number of nitrogens with zero attached hydrogens (tertiary/aromatic N) is 3. The fourth-order valence-electron chi connectivity index (χ4n) is 3.89. The number of halogens is 2. The molecule has 1 amide bonds. The zero-order valence-corrected chi connectivity index (χ0v) is 20.1. The van der Waals surface area contributed by atoms with E-state index in [9.17, 15) is 9.18 Å². The summed E-state index contributed by atoms with van der Waals surface area (Å²) >= 11 is 7.28. The Balaban J connectivity index is 1.74. The predicted octanol–water partition coefficient (Wildman–Crippen LogP) is 5.27. The van der Waals surface area contributed by atoms with Crippen molar-refractivity contribution in [2.75, 3.05) is 27.3 Å². The van der Waals surface area contributed by atoms with Crippen molar-refractivity contribution in [3.63, 3.8) is 0 Å². The van der Waals surface area contributed by atoms with Gasteiger partial charge < -0.3 is 18.9 Å². The summed E-state index contributed by atoms with van der Waals surface area (Å²) in [6.45, 7) is 2.13. The van der Waals surface area contributed by atoms with Gasteiger partial charge in [-0.15, -0.1) is 11.3 Å². The van der Waals surface area contributed by atoms with Crippen LogP contribution in [-0.4, -0.2) is 42.7 Å². The molecule has 33 heavy (non-hydrogen) atoms. The Morgan fingerprint density at radius 2 is 2.00 bits per heavy atom. The number of hydrogen-bond donors (Lipinski definition) is 0. The number of likely N-dealkylation sites (tertiary alicyclic amines) is 1. The lowest BCUT2D eigenvalue weighted by Gasteiger charge is -2.17. The van der Waals surface area contributed by atoms with Gasteiger partial charge in [-0.25, -0.2) is 9.38 Å². The molecule has 1 fully saturated rings. The van der Waals surface area contributed by atoms with Crippen molar-refractivity contribution < 1.29 is 18.7 Å². The molecule has 6 nitrogen and oxygen atoms in total. The molecule has 9 heteroatoms. The number of rotatable bonds is 8. The molecule has 0 bridgehead atoms. The van der Waals surface area contributed by atoms with Crippen molar-refractivity contribution in [2.24, 2.45) is 4.99 Å². The average molecular weight is 490 g/mol. The maximum absolute atomic E-state index is 14.0. The summed E-state index contributed by atoms with van der Waals surface area (Å²) in [7, 11) is 3.25. The van der Waals surface area contributed by atoms with Crippen LogP contribution in [0, 0.1) is 5.82 Å². The van der Waals surface area contributed by atoms with Gasteiger partial charge in [0.2, 0.25) is 5.91 Å². The van der Waals surface area contributed by atoms with Gasteiger partial charge >= 0.3 is 0 Å². The number of carbonyl (C=O) groups is 1. The van der Waals surface area contributed by atoms with Gasteiger partial charge in [0, 0.05) is 43.1 Å². The van der Waals surface area contributed by atoms with E-state index in [2.05, 4.69) is 9.56 Å². The number of aromatic nitrogens is 1. The lowest BCUT2D eigenvalue weighted by molar-refractivity contribution is -0.127. The minimum atomic E-state index is -0.511. The van der Waals surface area contributed by atoms with Gasteiger partial charge in [0.1, 0.15) is 17.3 Å². The zero-order chi connectivity index (χ0) is 23.4. The van der Waals surface area contributed by atoms with Crippen LogP contribution in [0.5, 0.6) is 11.5 Å². The molecule has 1 aromatic heterocycles. The van der Waals surface area contributed by atoms with Crippen LogP contribution in [0.1, 0.15) is 19.3 Å². The van der Waals surface area contributed by atoms with Crippen LogP contribution in [0.25, 0.3) is 11.3 Å². The standard InChI is InChI=1S/C24H25ClFN3O3S/c1-31-17-7-9-22(32-2)18(14-17)21-15-33-24(27-16-6-8-19(25)20(26)13-16)29(21)12-4-11-28-10-3-5-23(28)30/h6-9,13-15H,3-5,10-12H2,1-2H3. The number of carbonyl (C=O) groups excluding carboxylic acids is 1. The minimum Gasteiger partial charge on any atom is -0.497 e. The maximum Gasteiger partial charge on any atom is 0.222 e. The van der Waals surface area contributed by atoms with Crippen LogP contribution in [0.4, 0.5) is 10.1 Å². The van der Waals surface area contributed by atoms with E-state index in [-0.39, 0.29) is 10.9 Å². The maximum atomic E-state index is 14.0. The van der Waals surface area contributed by atoms with Gasteiger partial charge in [-0.05, 0) is 43.2 Å². The van der Waals surface area contributed by atoms with Gasteiger partial charge in [0.05, 0.1) is 30.6 Å². The third kappa shape index (κ3) is 5.23. The highest BCUT2D eigenvalue weighted by Crippen LogP contribution is 2.34. The quantitative estimate of drug-likeness (QED) is 0.433. The highest BCUT2D eigenvalue weighted by atomic mass is 35.5. The Bertz CT molecular complexity index is 1220. The number of thiazole rings is 1. The van der Waals surface area contributed by atoms with E-state index < -0.39 is 5.82 Å². The molecule has 1 saturated heterocycles. The first-order valence-corrected chi connectivity index (χ1v) is 11.9. The Morgan fingerprint density at radius 3 is 2.70 bits per heavy atom. The molecule has 174 valence electrons. The molecule has 0 aliphatic carbocycles. The largest absolute Gasteiger partial charge is 0.497 e. The first kappa shape index (κ1) is 23.3. The van der Waals surface area contributed by atoms with E-state index in [0.717, 1.165) is 30.6 Å². The molecular formula is C24H25ClFN3O3S. The molecule has 1 aliphatic heterocycles. The predicted molar refractivity (Wildman–Crippen MR) is 128 cm³/mol. The van der Waals surface area contributed by atoms with Crippen LogP contribution in [-0.2, 0) is 11.3 Å². The molecule has 2 aromatic carbocycles. The zero-order valence-electron chi connectivity index (χ0n) is 18.5. The van der Waals surface area contributed by atoms with E-state index in [1.54, 1.807) is 20.3 Å². The molecule has 0 unspecified atom stereocenters. The summed E-state index contributed by atoms with van der Waals surface area (Å²) < 4.78 is 27.1. The summed E-state index contributed by atoms with van der Waals surface area (Å²) in [4.78, 5) is 19.3. The first-order chi connectivity index (χ1) is 16.0. The number of methoxy groups -OCH3 is 2. The third-order valence-electron chi connectivity index (χ3n) is 5.59. The van der Waals surface area contributed by atoms with Gasteiger partial charge in [0.15, 0.2) is 4.80 Å². The van der Waals surface area contributed by atoms with E-state index in [1.165, 1.54) is 23.5 Å². The fraction of sp³-hybridized carbons (Fsp3) is 0.333. The number of amides is 1. The second-order valence-corrected chi connectivity index (χ2v) is 8.91. The SMILES string of the molecule is COc1ccc(OC)c(-c2csc(=Nc3ccc(Cl)c(F)c3)n2CCCN2CCCC2=O)c1. The molecule has 0 atom stereocenters. The highest BCUT2D eigenvalue weighted by Gasteiger charge is 2.20. The van der Waals surface area contributed by atoms with Gasteiger partial charge in [-0.3, -0.25) is 4.79 Å². The molecule has 2 heterocycles. The Morgan fingerprint density at radius 1 is 1.15 bits per heavy atom. The summed E-state index contributed by atoms with van der Waals surface area (Å²) in [5, 5.41) is 2.06. The highest BCUT2D eigenvalue weighted by molar-refractivity contribution is 7.07. The van der Waals surface area contributed by atoms with Crippen molar-refractivity contribution >= 4 is 34.5 Å². The lowest BCUT2D eigenvalue weighted by Crippen LogP contribution is -2.27. The molecule has 0 radical (unpaired) electrons. The second-order valence-electron chi connectivity index (χ2n) is 7.67. The van der Waals surface area contributed by atoms with Crippen molar-refractivity contribution in [1.82, 2.24) is 9.47 Å². The van der Waals surface area contributed by atoms with Gasteiger partial charge in [-0.2, -0.15) is 0 Å². The molecule has 0 spiro atoms. The smallest absolute Gasteiger partial charge is 0.222 e. The summed E-state index contributed by atoms with van der Waals surface area (Å²) in [5.41, 5.74) is 2.26. The van der Waals surface area contributed by atoms with Crippen LogP contribution < -0.4 is 14.3 Å². The van der Waals surface area contributed by atoms with Gasteiger partial charge in [0.25, 0.3) is 0 Å². The molecule has 4 rings (SSSR count). The minimum absolute atomic E-state index is 0.0603. The Labute approximate surface area is 200 Å². The fourth-order valence-corrected chi connectivity index (χ4v) is 4.95. The molecule has 3 aromatic rings. The third-order valence-corrected chi connectivity index (χ3v) is 6.76. The van der Waals surface area contributed by atoms with Crippen molar-refractivity contribution in [3.05, 3.63) is 57.4 Å². The normalized spacial score (nSPS) is 14.2. The number of benzene rings is 2. The Hall–Kier alpha value is -2.84. The molecule has 0 N–H and O–H groups in total. The van der Waals surface area contributed by atoms with E-state index in [4.69, 9.17) is 21.1 Å². The monoisotopic (exact) mass is 489 g/mol. The average Bonchev–Trinajstić information content (AvgIpc) is 3.41. The topological polar surface area (TPSA) is 56.1 Å². The van der Waals surface area contributed by atoms with E-state index >= 15 is 0 Å². The van der Waals surface area contributed by atoms with E-state index in [0.29, 0.717) is 41.5 Å². The van der Waals surface area contributed by atoms with Crippen LogP contribution in [0.15, 0.2) is 46.8 Å².